The van der Waals surface area contributed by atoms with Crippen molar-refractivity contribution in [1.29, 1.82) is 0 Å². The summed E-state index contributed by atoms with van der Waals surface area (Å²) < 4.78 is 0.874. The van der Waals surface area contributed by atoms with Crippen LogP contribution in [-0.4, -0.2) is 15.8 Å². The van der Waals surface area contributed by atoms with E-state index in [1.807, 2.05) is 36.4 Å². The highest BCUT2D eigenvalue weighted by Crippen LogP contribution is 2.20. The fourth-order valence-electron chi connectivity index (χ4n) is 2.13. The van der Waals surface area contributed by atoms with Crippen LogP contribution >= 0.6 is 15.9 Å². The second-order valence-corrected chi connectivity index (χ2v) is 5.39. The molecule has 0 saturated heterocycles. The number of para-hydroxylation sites is 1. The average Bonchev–Trinajstić information content (AvgIpc) is 2.45. The van der Waals surface area contributed by atoms with Crippen LogP contribution in [0.15, 0.2) is 53.0 Å². The molecule has 0 fully saturated rings. The molecule has 1 aromatic heterocycles. The van der Waals surface area contributed by atoms with Crippen LogP contribution in [0.2, 0.25) is 0 Å². The van der Waals surface area contributed by atoms with Crippen molar-refractivity contribution in [3.63, 3.8) is 0 Å². The van der Waals surface area contributed by atoms with Gasteiger partial charge in [0.2, 0.25) is 5.78 Å². The van der Waals surface area contributed by atoms with Crippen LogP contribution in [0.3, 0.4) is 0 Å². The number of fused-ring (bicyclic) bond motifs is 1. The summed E-state index contributed by atoms with van der Waals surface area (Å²) in [6, 6.07) is 14.9. The molecule has 3 nitrogen and oxygen atoms in total. The number of benzene rings is 2. The molecule has 1 heterocycles. The maximum Gasteiger partial charge on any atom is 0.212 e. The normalized spacial score (nSPS) is 10.7. The number of aryl methyl sites for hydroxylation is 1. The third-order valence-electron chi connectivity index (χ3n) is 3.02. The van der Waals surface area contributed by atoms with Crippen LogP contribution in [0.5, 0.6) is 0 Å². The summed E-state index contributed by atoms with van der Waals surface area (Å²) in [4.78, 5) is 21.3. The first-order valence-corrected chi connectivity index (χ1v) is 6.98. The topological polar surface area (TPSA) is 42.9 Å². The number of hydrogen-bond acceptors (Lipinski definition) is 3. The summed E-state index contributed by atoms with van der Waals surface area (Å²) >= 11 is 3.38. The standard InChI is InChI=1S/C16H11BrN2O/c1-10-18-14-8-3-2-7-13(14)15(19-10)16(20)11-5-4-6-12(17)9-11/h2-9H,1H3. The molecule has 2 aromatic carbocycles. The minimum atomic E-state index is -0.0898. The van der Waals surface area contributed by atoms with Crippen molar-refractivity contribution in [3.8, 4) is 0 Å². The van der Waals surface area contributed by atoms with Crippen molar-refractivity contribution in [2.24, 2.45) is 0 Å². The van der Waals surface area contributed by atoms with E-state index in [1.165, 1.54) is 0 Å². The molecule has 0 radical (unpaired) electrons. The van der Waals surface area contributed by atoms with Crippen LogP contribution in [0.4, 0.5) is 0 Å². The molecule has 0 aliphatic rings. The second-order valence-electron chi connectivity index (χ2n) is 4.48. The van der Waals surface area contributed by atoms with Gasteiger partial charge >= 0.3 is 0 Å². The predicted molar refractivity (Wildman–Crippen MR) is 81.8 cm³/mol. The largest absolute Gasteiger partial charge is 0.287 e. The number of hydrogen-bond donors (Lipinski definition) is 0. The zero-order valence-corrected chi connectivity index (χ0v) is 12.4. The molecule has 0 saturated carbocycles. The van der Waals surface area contributed by atoms with Crippen LogP contribution in [-0.2, 0) is 0 Å². The van der Waals surface area contributed by atoms with Gasteiger partial charge in [-0.1, -0.05) is 46.3 Å². The van der Waals surface area contributed by atoms with Gasteiger partial charge in [-0.2, -0.15) is 0 Å². The lowest BCUT2D eigenvalue weighted by molar-refractivity contribution is 0.103. The molecule has 98 valence electrons. The summed E-state index contributed by atoms with van der Waals surface area (Å²) in [5, 5.41) is 0.781. The molecule has 0 aliphatic heterocycles. The SMILES string of the molecule is Cc1nc(C(=O)c2cccc(Br)c2)c2ccccc2n1. The molecule has 20 heavy (non-hydrogen) atoms. The van der Waals surface area contributed by atoms with Crippen molar-refractivity contribution in [1.82, 2.24) is 9.97 Å². The van der Waals surface area contributed by atoms with Gasteiger partial charge in [-0.15, -0.1) is 0 Å². The van der Waals surface area contributed by atoms with E-state index in [9.17, 15) is 4.79 Å². The Morgan fingerprint density at radius 2 is 1.85 bits per heavy atom. The van der Waals surface area contributed by atoms with Gasteiger partial charge in [-0.25, -0.2) is 9.97 Å². The van der Waals surface area contributed by atoms with E-state index in [-0.39, 0.29) is 5.78 Å². The van der Waals surface area contributed by atoms with Gasteiger partial charge in [0.05, 0.1) is 5.52 Å². The van der Waals surface area contributed by atoms with Gasteiger partial charge in [0.1, 0.15) is 11.5 Å². The van der Waals surface area contributed by atoms with E-state index >= 15 is 0 Å². The van der Waals surface area contributed by atoms with E-state index in [0.717, 1.165) is 15.4 Å². The van der Waals surface area contributed by atoms with Crippen molar-refractivity contribution in [3.05, 3.63) is 70.1 Å². The van der Waals surface area contributed by atoms with Crippen LogP contribution in [0, 0.1) is 6.92 Å². The van der Waals surface area contributed by atoms with Crippen molar-refractivity contribution in [2.45, 2.75) is 6.92 Å². The number of carbonyl (C=O) groups is 1. The summed E-state index contributed by atoms with van der Waals surface area (Å²) in [5.41, 5.74) is 1.85. The predicted octanol–water partition coefficient (Wildman–Crippen LogP) is 3.93. The molecule has 3 aromatic rings. The van der Waals surface area contributed by atoms with Crippen LogP contribution < -0.4 is 0 Å². The maximum atomic E-state index is 12.7. The van der Waals surface area contributed by atoms with Gasteiger partial charge in [-0.05, 0) is 25.1 Å². The van der Waals surface area contributed by atoms with E-state index in [0.29, 0.717) is 17.1 Å². The van der Waals surface area contributed by atoms with E-state index < -0.39 is 0 Å². The lowest BCUT2D eigenvalue weighted by Crippen LogP contribution is -2.07. The molecule has 0 bridgehead atoms. The van der Waals surface area contributed by atoms with E-state index in [2.05, 4.69) is 25.9 Å². The highest BCUT2D eigenvalue weighted by molar-refractivity contribution is 9.10. The number of carbonyl (C=O) groups excluding carboxylic acids is 1. The zero-order valence-electron chi connectivity index (χ0n) is 10.8. The van der Waals surface area contributed by atoms with Crippen LogP contribution in [0.1, 0.15) is 21.9 Å². The molecule has 0 spiro atoms. The minimum Gasteiger partial charge on any atom is -0.287 e. The highest BCUT2D eigenvalue weighted by atomic mass is 79.9. The Morgan fingerprint density at radius 1 is 1.05 bits per heavy atom. The first kappa shape index (κ1) is 12.9. The number of ketones is 1. The van der Waals surface area contributed by atoms with Gasteiger partial charge in [-0.3, -0.25) is 4.79 Å². The Balaban J connectivity index is 2.21. The van der Waals surface area contributed by atoms with E-state index in [4.69, 9.17) is 0 Å². The monoisotopic (exact) mass is 326 g/mol. The molecule has 0 aliphatic carbocycles. The molecule has 0 amide bonds. The van der Waals surface area contributed by atoms with Gasteiger partial charge in [0.15, 0.2) is 0 Å². The number of aromatic nitrogens is 2. The Kier molecular flexibility index (Phi) is 3.32. The van der Waals surface area contributed by atoms with Crippen molar-refractivity contribution < 1.29 is 4.79 Å². The summed E-state index contributed by atoms with van der Waals surface area (Å²) in [6.07, 6.45) is 0. The Labute approximate surface area is 124 Å². The zero-order chi connectivity index (χ0) is 14.1. The smallest absolute Gasteiger partial charge is 0.212 e. The molecule has 0 atom stereocenters. The molecule has 0 unspecified atom stereocenters. The summed E-state index contributed by atoms with van der Waals surface area (Å²) in [5.74, 6) is 0.509. The van der Waals surface area contributed by atoms with Gasteiger partial charge in [0, 0.05) is 15.4 Å². The fraction of sp³-hybridized carbons (Fsp3) is 0.0625. The minimum absolute atomic E-state index is 0.0898. The van der Waals surface area contributed by atoms with Gasteiger partial charge < -0.3 is 0 Å². The second kappa shape index (κ2) is 5.13. The Hall–Kier alpha value is -2.07. The number of nitrogens with zero attached hydrogens (tertiary/aromatic N) is 2. The molecule has 3 rings (SSSR count). The summed E-state index contributed by atoms with van der Waals surface area (Å²) in [6.45, 7) is 1.80. The molecular weight excluding hydrogens is 316 g/mol. The third kappa shape index (κ3) is 2.34. The molecule has 0 N–H and O–H groups in total. The van der Waals surface area contributed by atoms with Gasteiger partial charge in [0.25, 0.3) is 0 Å². The molecule has 4 heteroatoms. The Bertz CT molecular complexity index is 814. The first-order valence-electron chi connectivity index (χ1n) is 6.19. The quantitative estimate of drug-likeness (QED) is 0.670. The number of rotatable bonds is 2. The average molecular weight is 327 g/mol. The number of halogens is 1. The lowest BCUT2D eigenvalue weighted by Gasteiger charge is -2.06. The maximum absolute atomic E-state index is 12.7. The lowest BCUT2D eigenvalue weighted by atomic mass is 10.0. The van der Waals surface area contributed by atoms with Crippen molar-refractivity contribution >= 4 is 32.6 Å². The molecular formula is C16H11BrN2O. The third-order valence-corrected chi connectivity index (χ3v) is 3.51. The van der Waals surface area contributed by atoms with Crippen LogP contribution in [0.25, 0.3) is 10.9 Å². The first-order chi connectivity index (χ1) is 9.65. The highest BCUT2D eigenvalue weighted by Gasteiger charge is 2.15. The Morgan fingerprint density at radius 3 is 2.65 bits per heavy atom. The van der Waals surface area contributed by atoms with Crippen molar-refractivity contribution in [2.75, 3.05) is 0 Å². The van der Waals surface area contributed by atoms with E-state index in [1.54, 1.807) is 19.1 Å². The fourth-order valence-corrected chi connectivity index (χ4v) is 2.53. The summed E-state index contributed by atoms with van der Waals surface area (Å²) in [7, 11) is 0.